The summed E-state index contributed by atoms with van der Waals surface area (Å²) in [6.07, 6.45) is 1.60. The molecule has 0 aliphatic carbocycles. The molecule has 2 aromatic carbocycles. The predicted molar refractivity (Wildman–Crippen MR) is 95.2 cm³/mol. The first-order chi connectivity index (χ1) is 11.8. The monoisotopic (exact) mass is 321 g/mol. The molecule has 3 rings (SSSR count). The van der Waals surface area contributed by atoms with Gasteiger partial charge in [0, 0.05) is 18.4 Å². The van der Waals surface area contributed by atoms with Crippen molar-refractivity contribution in [3.63, 3.8) is 0 Å². The van der Waals surface area contributed by atoms with E-state index in [0.29, 0.717) is 18.4 Å². The fraction of sp³-hybridized carbons (Fsp3) is 0.167. The van der Waals surface area contributed by atoms with Crippen molar-refractivity contribution in [2.45, 2.75) is 6.92 Å². The Kier molecular flexibility index (Phi) is 4.86. The van der Waals surface area contributed by atoms with Gasteiger partial charge in [0.15, 0.2) is 5.82 Å². The summed E-state index contributed by atoms with van der Waals surface area (Å²) in [5.41, 5.74) is 1.91. The molecule has 0 amide bonds. The van der Waals surface area contributed by atoms with Gasteiger partial charge < -0.3 is 15.0 Å². The summed E-state index contributed by atoms with van der Waals surface area (Å²) in [4.78, 5) is 6.40. The van der Waals surface area contributed by atoms with Gasteiger partial charge in [-0.15, -0.1) is 5.10 Å². The van der Waals surface area contributed by atoms with Crippen LogP contribution >= 0.6 is 0 Å². The molecule has 0 unspecified atom stereocenters. The second-order valence-electron chi connectivity index (χ2n) is 5.12. The third-order valence-corrected chi connectivity index (χ3v) is 3.43. The van der Waals surface area contributed by atoms with E-state index in [4.69, 9.17) is 4.74 Å². The molecule has 1 heterocycles. The topological polar surface area (TPSA) is 63.2 Å². The Hall–Kier alpha value is -3.15. The molecule has 0 spiro atoms. The Balaban J connectivity index is 1.75. The lowest BCUT2D eigenvalue weighted by molar-refractivity contribution is 0.340. The van der Waals surface area contributed by atoms with Crippen LogP contribution < -0.4 is 15.0 Å². The summed E-state index contributed by atoms with van der Waals surface area (Å²) in [7, 11) is 1.91. The summed E-state index contributed by atoms with van der Waals surface area (Å²) < 4.78 is 5.44. The molecule has 0 atom stereocenters. The first-order valence-electron chi connectivity index (χ1n) is 7.74. The number of nitrogens with zero attached hydrogens (tertiary/aromatic N) is 4. The fourth-order valence-electron chi connectivity index (χ4n) is 2.21. The minimum atomic E-state index is 0.525. The van der Waals surface area contributed by atoms with Gasteiger partial charge in [-0.3, -0.25) is 0 Å². The largest absolute Gasteiger partial charge is 0.494 e. The van der Waals surface area contributed by atoms with Crippen molar-refractivity contribution in [3.8, 4) is 5.75 Å². The predicted octanol–water partition coefficient (Wildman–Crippen LogP) is 3.78. The van der Waals surface area contributed by atoms with Gasteiger partial charge in [-0.25, -0.2) is 0 Å². The molecule has 1 N–H and O–H groups in total. The molecule has 1 aromatic heterocycles. The van der Waals surface area contributed by atoms with E-state index >= 15 is 0 Å². The van der Waals surface area contributed by atoms with Gasteiger partial charge in [0.25, 0.3) is 5.95 Å². The Morgan fingerprint density at radius 1 is 1.04 bits per heavy atom. The van der Waals surface area contributed by atoms with Crippen LogP contribution in [0.2, 0.25) is 0 Å². The van der Waals surface area contributed by atoms with Crippen molar-refractivity contribution >= 4 is 23.1 Å². The number of hydrogen-bond donors (Lipinski definition) is 1. The van der Waals surface area contributed by atoms with E-state index in [2.05, 4.69) is 20.5 Å². The number of aromatic nitrogens is 3. The van der Waals surface area contributed by atoms with Crippen molar-refractivity contribution in [3.05, 3.63) is 60.8 Å². The maximum atomic E-state index is 5.44. The lowest BCUT2D eigenvalue weighted by atomic mass is 10.3. The van der Waals surface area contributed by atoms with Gasteiger partial charge in [-0.1, -0.05) is 18.2 Å². The van der Waals surface area contributed by atoms with Crippen LogP contribution in [0.3, 0.4) is 0 Å². The molecule has 0 bridgehead atoms. The molecule has 6 nitrogen and oxygen atoms in total. The summed E-state index contributed by atoms with van der Waals surface area (Å²) >= 11 is 0. The minimum absolute atomic E-state index is 0.525. The number of para-hydroxylation sites is 1. The van der Waals surface area contributed by atoms with Gasteiger partial charge in [0.2, 0.25) is 0 Å². The molecule has 3 aromatic rings. The zero-order chi connectivity index (χ0) is 16.8. The number of nitrogens with one attached hydrogen (secondary N) is 1. The van der Waals surface area contributed by atoms with E-state index in [1.165, 1.54) is 0 Å². The third kappa shape index (κ3) is 3.78. The van der Waals surface area contributed by atoms with Crippen molar-refractivity contribution in [2.24, 2.45) is 0 Å². The van der Waals surface area contributed by atoms with Crippen LogP contribution in [-0.4, -0.2) is 28.8 Å². The Morgan fingerprint density at radius 2 is 1.79 bits per heavy atom. The van der Waals surface area contributed by atoms with E-state index in [1.807, 2.05) is 73.5 Å². The highest BCUT2D eigenvalue weighted by atomic mass is 16.5. The molecule has 0 radical (unpaired) electrons. The molecule has 0 fully saturated rings. The van der Waals surface area contributed by atoms with Gasteiger partial charge in [0.05, 0.1) is 12.8 Å². The summed E-state index contributed by atoms with van der Waals surface area (Å²) in [6.45, 7) is 2.61. The first kappa shape index (κ1) is 15.7. The Bertz CT molecular complexity index is 777. The number of hydrogen-bond acceptors (Lipinski definition) is 6. The molecule has 0 aliphatic heterocycles. The molecule has 122 valence electrons. The fourth-order valence-corrected chi connectivity index (χ4v) is 2.21. The number of ether oxygens (including phenoxy) is 1. The van der Waals surface area contributed by atoms with Crippen molar-refractivity contribution in [1.82, 2.24) is 15.2 Å². The van der Waals surface area contributed by atoms with Crippen molar-refractivity contribution in [2.75, 3.05) is 23.9 Å². The van der Waals surface area contributed by atoms with Gasteiger partial charge in [-0.2, -0.15) is 10.1 Å². The summed E-state index contributed by atoms with van der Waals surface area (Å²) in [5, 5.41) is 11.4. The van der Waals surface area contributed by atoms with Crippen molar-refractivity contribution in [1.29, 1.82) is 0 Å². The molecule has 0 saturated carbocycles. The number of anilines is 4. The van der Waals surface area contributed by atoms with Crippen LogP contribution in [0.5, 0.6) is 5.75 Å². The van der Waals surface area contributed by atoms with E-state index in [1.54, 1.807) is 6.20 Å². The summed E-state index contributed by atoms with van der Waals surface area (Å²) in [5.74, 6) is 2.00. The maximum absolute atomic E-state index is 5.44. The van der Waals surface area contributed by atoms with E-state index in [-0.39, 0.29) is 0 Å². The van der Waals surface area contributed by atoms with E-state index < -0.39 is 0 Å². The maximum Gasteiger partial charge on any atom is 0.251 e. The highest BCUT2D eigenvalue weighted by Crippen LogP contribution is 2.22. The highest BCUT2D eigenvalue weighted by Gasteiger charge is 2.08. The molecule has 0 saturated heterocycles. The molecule has 6 heteroatoms. The van der Waals surface area contributed by atoms with Gasteiger partial charge in [0.1, 0.15) is 5.75 Å². The van der Waals surface area contributed by atoms with Crippen LogP contribution in [0.15, 0.2) is 60.8 Å². The third-order valence-electron chi connectivity index (χ3n) is 3.43. The average molecular weight is 321 g/mol. The zero-order valence-corrected chi connectivity index (χ0v) is 13.7. The standard InChI is InChI=1S/C18H19N5O/c1-3-24-16-11-9-14(10-12-16)20-17-13-19-22-18(21-17)23(2)15-7-5-4-6-8-15/h4-13H,3H2,1-2H3,(H,20,21,22). The normalized spacial score (nSPS) is 10.2. The summed E-state index contributed by atoms with van der Waals surface area (Å²) in [6, 6.07) is 17.6. The number of rotatable bonds is 6. The van der Waals surface area contributed by atoms with Crippen LogP contribution in [0.1, 0.15) is 6.92 Å². The van der Waals surface area contributed by atoms with Crippen LogP contribution in [0.4, 0.5) is 23.1 Å². The second kappa shape index (κ2) is 7.41. The SMILES string of the molecule is CCOc1ccc(Nc2cnnc(N(C)c3ccccc3)n2)cc1. The average Bonchev–Trinajstić information content (AvgIpc) is 2.64. The zero-order valence-electron chi connectivity index (χ0n) is 13.7. The first-order valence-corrected chi connectivity index (χ1v) is 7.74. The lowest BCUT2D eigenvalue weighted by Gasteiger charge is -2.17. The molecular weight excluding hydrogens is 302 g/mol. The van der Waals surface area contributed by atoms with Crippen LogP contribution in [-0.2, 0) is 0 Å². The Morgan fingerprint density at radius 3 is 2.50 bits per heavy atom. The van der Waals surface area contributed by atoms with Gasteiger partial charge in [-0.05, 0) is 43.3 Å². The smallest absolute Gasteiger partial charge is 0.251 e. The molecule has 0 aliphatic rings. The van der Waals surface area contributed by atoms with Crippen LogP contribution in [0, 0.1) is 0 Å². The highest BCUT2D eigenvalue weighted by molar-refractivity contribution is 5.60. The van der Waals surface area contributed by atoms with Crippen LogP contribution in [0.25, 0.3) is 0 Å². The minimum Gasteiger partial charge on any atom is -0.494 e. The van der Waals surface area contributed by atoms with Gasteiger partial charge >= 0.3 is 0 Å². The molecule has 24 heavy (non-hydrogen) atoms. The quantitative estimate of drug-likeness (QED) is 0.745. The lowest BCUT2D eigenvalue weighted by Crippen LogP contribution is -2.14. The van der Waals surface area contributed by atoms with Crippen molar-refractivity contribution < 1.29 is 4.74 Å². The second-order valence-corrected chi connectivity index (χ2v) is 5.12. The van der Waals surface area contributed by atoms with E-state index in [9.17, 15) is 0 Å². The Labute approximate surface area is 141 Å². The van der Waals surface area contributed by atoms with E-state index in [0.717, 1.165) is 17.1 Å². The molecular formula is C18H19N5O. The number of benzene rings is 2.